The molecular formula is C15H16BrNO3S. The second-order valence-corrected chi connectivity index (χ2v) is 7.16. The van der Waals surface area contributed by atoms with E-state index in [1.54, 1.807) is 24.3 Å². The number of hydrogen-bond donors (Lipinski definition) is 2. The molecule has 0 spiro atoms. The molecule has 0 atom stereocenters. The highest BCUT2D eigenvalue weighted by molar-refractivity contribution is 9.10. The number of hydrogen-bond acceptors (Lipinski definition) is 3. The van der Waals surface area contributed by atoms with E-state index in [0.29, 0.717) is 11.3 Å². The molecule has 2 aromatic carbocycles. The average molecular weight is 370 g/mol. The Hall–Kier alpha value is -1.37. The minimum atomic E-state index is -3.63. The van der Waals surface area contributed by atoms with Crippen molar-refractivity contribution in [1.29, 1.82) is 0 Å². The zero-order valence-electron chi connectivity index (χ0n) is 11.5. The van der Waals surface area contributed by atoms with Crippen molar-refractivity contribution in [3.8, 4) is 0 Å². The number of anilines is 1. The van der Waals surface area contributed by atoms with Gasteiger partial charge in [0.15, 0.2) is 0 Å². The molecule has 112 valence electrons. The highest BCUT2D eigenvalue weighted by atomic mass is 79.9. The number of aliphatic hydroxyl groups is 1. The number of benzene rings is 2. The molecule has 0 aromatic heterocycles. The molecular weight excluding hydrogens is 354 g/mol. The molecule has 0 heterocycles. The molecule has 6 heteroatoms. The third kappa shape index (κ3) is 3.84. The van der Waals surface area contributed by atoms with E-state index in [9.17, 15) is 8.42 Å². The Labute approximate surface area is 133 Å². The average Bonchev–Trinajstić information content (AvgIpc) is 2.49. The lowest BCUT2D eigenvalue weighted by Crippen LogP contribution is -2.14. The van der Waals surface area contributed by atoms with Gasteiger partial charge in [-0.2, -0.15) is 0 Å². The molecule has 2 N–H and O–H groups in total. The van der Waals surface area contributed by atoms with Crippen LogP contribution in [0.2, 0.25) is 0 Å². The van der Waals surface area contributed by atoms with E-state index in [0.717, 1.165) is 16.5 Å². The summed E-state index contributed by atoms with van der Waals surface area (Å²) in [5.41, 5.74) is 2.17. The lowest BCUT2D eigenvalue weighted by Gasteiger charge is -2.12. The van der Waals surface area contributed by atoms with E-state index in [2.05, 4.69) is 20.7 Å². The number of sulfonamides is 1. The second kappa shape index (κ2) is 6.60. The van der Waals surface area contributed by atoms with Crippen LogP contribution in [0.15, 0.2) is 51.8 Å². The van der Waals surface area contributed by atoms with Crippen LogP contribution in [0.4, 0.5) is 5.69 Å². The first-order valence-electron chi connectivity index (χ1n) is 6.47. The van der Waals surface area contributed by atoms with Crippen LogP contribution in [0.3, 0.4) is 0 Å². The van der Waals surface area contributed by atoms with Crippen LogP contribution in [0.1, 0.15) is 18.1 Å². The summed E-state index contributed by atoms with van der Waals surface area (Å²) in [6, 6.07) is 11.6. The van der Waals surface area contributed by atoms with E-state index in [1.165, 1.54) is 12.1 Å². The molecule has 21 heavy (non-hydrogen) atoms. The van der Waals surface area contributed by atoms with Crippen LogP contribution < -0.4 is 4.72 Å². The smallest absolute Gasteiger partial charge is 0.261 e. The van der Waals surface area contributed by atoms with Crippen LogP contribution in [0.25, 0.3) is 0 Å². The normalized spacial score (nSPS) is 11.4. The summed E-state index contributed by atoms with van der Waals surface area (Å²) in [5.74, 6) is 0. The molecule has 0 saturated heterocycles. The Bertz CT molecular complexity index is 727. The molecule has 0 unspecified atom stereocenters. The lowest BCUT2D eigenvalue weighted by molar-refractivity contribution is 0.282. The topological polar surface area (TPSA) is 66.4 Å². The lowest BCUT2D eigenvalue weighted by atomic mass is 10.1. The summed E-state index contributed by atoms with van der Waals surface area (Å²) in [6.07, 6.45) is 0.723. The zero-order valence-corrected chi connectivity index (χ0v) is 13.9. The van der Waals surface area contributed by atoms with Crippen molar-refractivity contribution in [3.63, 3.8) is 0 Å². The number of aryl methyl sites for hydroxylation is 1. The Morgan fingerprint density at radius 2 is 1.81 bits per heavy atom. The standard InChI is InChI=1S/C15H16BrNO3S/c1-2-12-9-13(16)5-8-15(12)17-21(19,20)14-6-3-11(10-18)4-7-14/h3-9,17-18H,2,10H2,1H3. The largest absolute Gasteiger partial charge is 0.392 e. The molecule has 0 fully saturated rings. The van der Waals surface area contributed by atoms with Crippen molar-refractivity contribution in [2.45, 2.75) is 24.8 Å². The van der Waals surface area contributed by atoms with Crippen LogP contribution in [-0.2, 0) is 23.1 Å². The summed E-state index contributed by atoms with van der Waals surface area (Å²) in [4.78, 5) is 0.171. The number of nitrogens with one attached hydrogen (secondary N) is 1. The maximum atomic E-state index is 12.4. The fourth-order valence-electron chi connectivity index (χ4n) is 1.93. The summed E-state index contributed by atoms with van der Waals surface area (Å²) in [7, 11) is -3.63. The summed E-state index contributed by atoms with van der Waals surface area (Å²) >= 11 is 3.38. The van der Waals surface area contributed by atoms with Gasteiger partial charge in [0.1, 0.15) is 0 Å². The number of aliphatic hydroxyl groups excluding tert-OH is 1. The van der Waals surface area contributed by atoms with Gasteiger partial charge in [-0.1, -0.05) is 35.0 Å². The molecule has 0 bridgehead atoms. The van der Waals surface area contributed by atoms with E-state index >= 15 is 0 Å². The van der Waals surface area contributed by atoms with Gasteiger partial charge in [0.2, 0.25) is 0 Å². The van der Waals surface area contributed by atoms with Crippen LogP contribution in [0.5, 0.6) is 0 Å². The van der Waals surface area contributed by atoms with Gasteiger partial charge in [0.05, 0.1) is 17.2 Å². The van der Waals surface area contributed by atoms with Gasteiger partial charge in [0.25, 0.3) is 10.0 Å². The van der Waals surface area contributed by atoms with Gasteiger partial charge in [-0.3, -0.25) is 4.72 Å². The molecule has 0 saturated carbocycles. The minimum Gasteiger partial charge on any atom is -0.392 e. The molecule has 0 amide bonds. The van der Waals surface area contributed by atoms with E-state index < -0.39 is 10.0 Å². The maximum Gasteiger partial charge on any atom is 0.261 e. The summed E-state index contributed by atoms with van der Waals surface area (Å²) < 4.78 is 28.3. The predicted octanol–water partition coefficient (Wildman–Crippen LogP) is 3.30. The van der Waals surface area contributed by atoms with Crippen molar-refractivity contribution in [1.82, 2.24) is 0 Å². The Kier molecular flexibility index (Phi) is 5.03. The number of rotatable bonds is 5. The van der Waals surface area contributed by atoms with Gasteiger partial charge >= 0.3 is 0 Å². The van der Waals surface area contributed by atoms with Gasteiger partial charge < -0.3 is 5.11 Å². The fraction of sp³-hybridized carbons (Fsp3) is 0.200. The quantitative estimate of drug-likeness (QED) is 0.849. The molecule has 0 aliphatic carbocycles. The monoisotopic (exact) mass is 369 g/mol. The molecule has 2 rings (SSSR count). The van der Waals surface area contributed by atoms with Crippen molar-refractivity contribution in [3.05, 3.63) is 58.1 Å². The number of halogens is 1. The van der Waals surface area contributed by atoms with Crippen LogP contribution in [0, 0.1) is 0 Å². The van der Waals surface area contributed by atoms with E-state index in [1.807, 2.05) is 13.0 Å². The Morgan fingerprint density at radius 1 is 1.14 bits per heavy atom. The first kappa shape index (κ1) is 16.0. The third-order valence-corrected chi connectivity index (χ3v) is 4.98. The molecule has 2 aromatic rings. The summed E-state index contributed by atoms with van der Waals surface area (Å²) in [5, 5.41) is 8.99. The minimum absolute atomic E-state index is 0.111. The highest BCUT2D eigenvalue weighted by Crippen LogP contribution is 2.24. The Balaban J connectivity index is 2.32. The molecule has 0 radical (unpaired) electrons. The molecule has 0 aliphatic heterocycles. The Morgan fingerprint density at radius 3 is 2.38 bits per heavy atom. The summed E-state index contributed by atoms with van der Waals surface area (Å²) in [6.45, 7) is 1.86. The van der Waals surface area contributed by atoms with Gasteiger partial charge in [-0.05, 0) is 47.9 Å². The SMILES string of the molecule is CCc1cc(Br)ccc1NS(=O)(=O)c1ccc(CO)cc1. The first-order valence-corrected chi connectivity index (χ1v) is 8.75. The van der Waals surface area contributed by atoms with E-state index in [4.69, 9.17) is 5.11 Å². The first-order chi connectivity index (χ1) is 9.96. The van der Waals surface area contributed by atoms with Crippen LogP contribution in [-0.4, -0.2) is 13.5 Å². The van der Waals surface area contributed by atoms with Gasteiger partial charge in [-0.25, -0.2) is 8.42 Å². The molecule has 0 aliphatic rings. The fourth-order valence-corrected chi connectivity index (χ4v) is 3.44. The van der Waals surface area contributed by atoms with Gasteiger partial charge in [0, 0.05) is 4.47 Å². The van der Waals surface area contributed by atoms with Crippen molar-refractivity contribution in [2.24, 2.45) is 0 Å². The van der Waals surface area contributed by atoms with E-state index in [-0.39, 0.29) is 11.5 Å². The zero-order chi connectivity index (χ0) is 15.5. The maximum absolute atomic E-state index is 12.4. The van der Waals surface area contributed by atoms with Crippen molar-refractivity contribution < 1.29 is 13.5 Å². The second-order valence-electron chi connectivity index (χ2n) is 4.56. The third-order valence-electron chi connectivity index (χ3n) is 3.11. The van der Waals surface area contributed by atoms with Gasteiger partial charge in [-0.15, -0.1) is 0 Å². The predicted molar refractivity (Wildman–Crippen MR) is 86.7 cm³/mol. The van der Waals surface area contributed by atoms with Crippen molar-refractivity contribution in [2.75, 3.05) is 4.72 Å². The highest BCUT2D eigenvalue weighted by Gasteiger charge is 2.15. The molecule has 4 nitrogen and oxygen atoms in total. The van der Waals surface area contributed by atoms with Crippen molar-refractivity contribution >= 4 is 31.6 Å². The van der Waals surface area contributed by atoms with Crippen LogP contribution >= 0.6 is 15.9 Å².